The van der Waals surface area contributed by atoms with E-state index in [2.05, 4.69) is 50.8 Å². The summed E-state index contributed by atoms with van der Waals surface area (Å²) in [5, 5.41) is 0. The molecule has 1 rings (SSSR count). The van der Waals surface area contributed by atoms with E-state index in [0.29, 0.717) is 0 Å². The highest BCUT2D eigenvalue weighted by molar-refractivity contribution is 5.12. The van der Waals surface area contributed by atoms with Crippen LogP contribution in [-0.2, 0) is 4.74 Å². The molecule has 3 heteroatoms. The Balaban J connectivity index is 2.93. The fraction of sp³-hybridized carbons (Fsp3) is 0.733. The molecule has 0 spiro atoms. The monoisotopic (exact) mass is 252 g/mol. The predicted molar refractivity (Wildman–Crippen MR) is 76.8 cm³/mol. The molecule has 0 aromatic carbocycles. The van der Waals surface area contributed by atoms with Crippen LogP contribution in [0.2, 0.25) is 0 Å². The maximum atomic E-state index is 5.91. The topological polar surface area (TPSA) is 15.7 Å². The Morgan fingerprint density at radius 3 is 2.11 bits per heavy atom. The maximum absolute atomic E-state index is 5.91. The third kappa shape index (κ3) is 3.21. The van der Waals surface area contributed by atoms with Gasteiger partial charge in [0.05, 0.1) is 6.54 Å². The average Bonchev–Trinajstić information content (AvgIpc) is 2.39. The predicted octanol–water partition coefficient (Wildman–Crippen LogP) is 3.41. The average molecular weight is 252 g/mol. The van der Waals surface area contributed by atoms with E-state index in [1.54, 1.807) is 0 Å². The van der Waals surface area contributed by atoms with Crippen molar-refractivity contribution < 1.29 is 4.74 Å². The number of rotatable bonds is 2. The van der Waals surface area contributed by atoms with E-state index in [9.17, 15) is 0 Å². The molecular weight excluding hydrogens is 224 g/mol. The lowest BCUT2D eigenvalue weighted by Crippen LogP contribution is -2.46. The van der Waals surface area contributed by atoms with E-state index in [1.165, 1.54) is 0 Å². The molecule has 0 amide bonds. The zero-order valence-electron chi connectivity index (χ0n) is 13.0. The Labute approximate surface area is 112 Å². The highest BCUT2D eigenvalue weighted by atomic mass is 16.5. The van der Waals surface area contributed by atoms with Gasteiger partial charge in [0.25, 0.3) is 0 Å². The number of ether oxygens (including phenoxy) is 1. The van der Waals surface area contributed by atoms with Crippen molar-refractivity contribution in [3.63, 3.8) is 0 Å². The lowest BCUT2D eigenvalue weighted by atomic mass is 9.91. The van der Waals surface area contributed by atoms with Crippen molar-refractivity contribution in [2.75, 3.05) is 13.6 Å². The van der Waals surface area contributed by atoms with Crippen LogP contribution >= 0.6 is 0 Å². The highest BCUT2D eigenvalue weighted by Gasteiger charge is 2.41. The first-order valence-corrected chi connectivity index (χ1v) is 6.48. The first-order chi connectivity index (χ1) is 7.93. The van der Waals surface area contributed by atoms with Gasteiger partial charge in [-0.1, -0.05) is 27.4 Å². The minimum atomic E-state index is -0.220. The van der Waals surface area contributed by atoms with E-state index >= 15 is 0 Å². The molecule has 0 N–H and O–H groups in total. The molecular formula is C15H28N2O. The summed E-state index contributed by atoms with van der Waals surface area (Å²) in [5.41, 5.74) is 0.994. The van der Waals surface area contributed by atoms with Crippen LogP contribution in [-0.4, -0.2) is 35.2 Å². The first kappa shape index (κ1) is 14.9. The Bertz CT molecular complexity index is 346. The molecule has 1 fully saturated rings. The summed E-state index contributed by atoms with van der Waals surface area (Å²) in [6.45, 7) is 21.8. The van der Waals surface area contributed by atoms with Gasteiger partial charge in [0, 0.05) is 18.2 Å². The van der Waals surface area contributed by atoms with E-state index in [1.807, 2.05) is 20.8 Å². The molecule has 0 aromatic heterocycles. The van der Waals surface area contributed by atoms with Crippen molar-refractivity contribution in [2.24, 2.45) is 5.41 Å². The van der Waals surface area contributed by atoms with Crippen LogP contribution < -0.4 is 0 Å². The van der Waals surface area contributed by atoms with Gasteiger partial charge in [-0.25, -0.2) is 0 Å². The second-order valence-electron chi connectivity index (χ2n) is 7.15. The van der Waals surface area contributed by atoms with E-state index in [0.717, 1.165) is 18.1 Å². The van der Waals surface area contributed by atoms with Crippen LogP contribution in [0.5, 0.6) is 0 Å². The molecule has 1 heterocycles. The van der Waals surface area contributed by atoms with Crippen LogP contribution in [0.1, 0.15) is 41.5 Å². The minimum Gasteiger partial charge on any atom is -0.474 e. The minimum absolute atomic E-state index is 0.109. The second kappa shape index (κ2) is 4.52. The standard InChI is InChI=1S/C15H28N2O/c1-11-10-17(12(2)18-15(6,7)8)13(16(11)9)14(3,4)5/h13H,1-2,10H2,3-9H3. The van der Waals surface area contributed by atoms with Crippen molar-refractivity contribution in [1.82, 2.24) is 9.80 Å². The zero-order valence-corrected chi connectivity index (χ0v) is 13.0. The lowest BCUT2D eigenvalue weighted by Gasteiger charge is -2.41. The quantitative estimate of drug-likeness (QED) is 0.701. The summed E-state index contributed by atoms with van der Waals surface area (Å²) in [6.07, 6.45) is 0.236. The third-order valence-electron chi connectivity index (χ3n) is 3.03. The van der Waals surface area contributed by atoms with Gasteiger partial charge in [-0.05, 0) is 27.4 Å². The molecule has 1 aliphatic rings. The highest BCUT2D eigenvalue weighted by Crippen LogP contribution is 2.36. The number of hydrogen-bond donors (Lipinski definition) is 0. The molecule has 1 saturated heterocycles. The summed E-state index contributed by atoms with van der Waals surface area (Å²) in [4.78, 5) is 4.42. The van der Waals surface area contributed by atoms with Crippen molar-refractivity contribution in [3.8, 4) is 0 Å². The lowest BCUT2D eigenvalue weighted by molar-refractivity contribution is -0.0311. The van der Waals surface area contributed by atoms with E-state index in [4.69, 9.17) is 4.74 Å². The van der Waals surface area contributed by atoms with Gasteiger partial charge in [-0.2, -0.15) is 0 Å². The summed E-state index contributed by atoms with van der Waals surface area (Å²) < 4.78 is 5.91. The van der Waals surface area contributed by atoms with Crippen molar-refractivity contribution in [1.29, 1.82) is 0 Å². The first-order valence-electron chi connectivity index (χ1n) is 6.48. The number of likely N-dealkylation sites (N-methyl/N-ethyl adjacent to an activating group) is 1. The summed E-state index contributed by atoms with van der Waals surface area (Å²) in [6, 6.07) is 0. The van der Waals surface area contributed by atoms with Crippen LogP contribution in [0, 0.1) is 5.41 Å². The zero-order chi connectivity index (χ0) is 14.3. The molecule has 1 aliphatic heterocycles. The fourth-order valence-electron chi connectivity index (χ4n) is 2.46. The Hall–Kier alpha value is -1.12. The third-order valence-corrected chi connectivity index (χ3v) is 3.03. The molecule has 1 unspecified atom stereocenters. The van der Waals surface area contributed by atoms with Gasteiger partial charge >= 0.3 is 0 Å². The Morgan fingerprint density at radius 2 is 1.72 bits per heavy atom. The molecule has 1 atom stereocenters. The van der Waals surface area contributed by atoms with Gasteiger partial charge in [0.1, 0.15) is 11.8 Å². The van der Waals surface area contributed by atoms with Crippen molar-refractivity contribution in [2.45, 2.75) is 53.3 Å². The molecule has 0 radical (unpaired) electrons. The molecule has 0 saturated carbocycles. The molecule has 0 bridgehead atoms. The smallest absolute Gasteiger partial charge is 0.184 e. The summed E-state index contributed by atoms with van der Waals surface area (Å²) in [7, 11) is 2.09. The number of nitrogens with zero attached hydrogens (tertiary/aromatic N) is 2. The maximum Gasteiger partial charge on any atom is 0.184 e. The van der Waals surface area contributed by atoms with E-state index in [-0.39, 0.29) is 17.2 Å². The Morgan fingerprint density at radius 1 is 1.22 bits per heavy atom. The molecule has 104 valence electrons. The van der Waals surface area contributed by atoms with Crippen molar-refractivity contribution >= 4 is 0 Å². The molecule has 0 aromatic rings. The van der Waals surface area contributed by atoms with Gasteiger partial charge in [0.15, 0.2) is 5.88 Å². The largest absolute Gasteiger partial charge is 0.474 e. The second-order valence-corrected chi connectivity index (χ2v) is 7.15. The van der Waals surface area contributed by atoms with Crippen LogP contribution in [0.25, 0.3) is 0 Å². The normalized spacial score (nSPS) is 21.5. The van der Waals surface area contributed by atoms with Gasteiger partial charge in [0.2, 0.25) is 0 Å². The number of hydrogen-bond acceptors (Lipinski definition) is 3. The van der Waals surface area contributed by atoms with Gasteiger partial charge < -0.3 is 14.5 Å². The summed E-state index contributed by atoms with van der Waals surface area (Å²) in [5.74, 6) is 0.730. The van der Waals surface area contributed by atoms with Gasteiger partial charge in [-0.15, -0.1) is 0 Å². The van der Waals surface area contributed by atoms with Gasteiger partial charge in [-0.3, -0.25) is 0 Å². The summed E-state index contributed by atoms with van der Waals surface area (Å²) >= 11 is 0. The van der Waals surface area contributed by atoms with E-state index < -0.39 is 0 Å². The molecule has 18 heavy (non-hydrogen) atoms. The molecule has 3 nitrogen and oxygen atoms in total. The molecule has 0 aliphatic carbocycles. The van der Waals surface area contributed by atoms with Crippen LogP contribution in [0.15, 0.2) is 24.7 Å². The van der Waals surface area contributed by atoms with Crippen molar-refractivity contribution in [3.05, 3.63) is 24.7 Å². The van der Waals surface area contributed by atoms with Crippen LogP contribution in [0.4, 0.5) is 0 Å². The fourth-order valence-corrected chi connectivity index (χ4v) is 2.46. The SMILES string of the molecule is C=C1CN(C(=C)OC(C)(C)C)C(C(C)(C)C)N1C. The Kier molecular flexibility index (Phi) is 3.75. The van der Waals surface area contributed by atoms with Crippen LogP contribution in [0.3, 0.4) is 0 Å².